The average molecular weight is 281 g/mol. The normalized spacial score (nSPS) is 10.9. The van der Waals surface area contributed by atoms with Gasteiger partial charge in [-0.05, 0) is 17.4 Å². The zero-order valence-corrected chi connectivity index (χ0v) is 9.96. The van der Waals surface area contributed by atoms with Crippen molar-refractivity contribution in [1.29, 1.82) is 0 Å². The number of anilines is 1. The van der Waals surface area contributed by atoms with Crippen molar-refractivity contribution in [2.75, 3.05) is 5.32 Å². The molecular formula is C11H9F2N5O2. The van der Waals surface area contributed by atoms with Crippen molar-refractivity contribution in [2.45, 2.75) is 6.61 Å². The van der Waals surface area contributed by atoms with Crippen molar-refractivity contribution in [1.82, 2.24) is 20.6 Å². The van der Waals surface area contributed by atoms with Crippen LogP contribution in [0.1, 0.15) is 5.56 Å². The minimum Gasteiger partial charge on any atom is -0.434 e. The number of nitrogens with one attached hydrogen (secondary N) is 2. The molecule has 1 amide bonds. The number of H-pyrrole nitrogens is 1. The van der Waals surface area contributed by atoms with Crippen LogP contribution in [0.3, 0.4) is 0 Å². The van der Waals surface area contributed by atoms with Crippen LogP contribution in [0.4, 0.5) is 14.7 Å². The van der Waals surface area contributed by atoms with Crippen LogP contribution in [0.2, 0.25) is 0 Å². The summed E-state index contributed by atoms with van der Waals surface area (Å²) in [6.45, 7) is -2.93. The first kappa shape index (κ1) is 13.6. The van der Waals surface area contributed by atoms with E-state index >= 15 is 0 Å². The van der Waals surface area contributed by atoms with Crippen LogP contribution in [0.15, 0.2) is 30.3 Å². The van der Waals surface area contributed by atoms with Crippen molar-refractivity contribution in [3.63, 3.8) is 0 Å². The summed E-state index contributed by atoms with van der Waals surface area (Å²) in [5.41, 5.74) is 0.344. The third-order valence-corrected chi connectivity index (χ3v) is 2.13. The topological polar surface area (TPSA) is 92.8 Å². The summed E-state index contributed by atoms with van der Waals surface area (Å²) in [7, 11) is 0. The second kappa shape index (κ2) is 6.36. The molecule has 2 rings (SSSR count). The number of carbonyl (C=O) groups is 1. The Morgan fingerprint density at radius 3 is 2.90 bits per heavy atom. The van der Waals surface area contributed by atoms with Crippen molar-refractivity contribution >= 4 is 17.9 Å². The quantitative estimate of drug-likeness (QED) is 0.809. The van der Waals surface area contributed by atoms with Gasteiger partial charge in [0.05, 0.1) is 0 Å². The number of alkyl halides is 2. The fraction of sp³-hybridized carbons (Fsp3) is 0.0909. The molecule has 1 aromatic heterocycles. The van der Waals surface area contributed by atoms with Crippen LogP contribution in [-0.2, 0) is 4.79 Å². The standard InChI is InChI=1S/C11H9F2N5O2/c12-10(13)20-8-4-2-1-3-7(8)5-6-9(19)14-11-15-17-18-16-11/h1-6,10H,(H2,14,15,16,17,18,19)/b6-5+. The van der Waals surface area contributed by atoms with E-state index in [0.717, 1.165) is 6.08 Å². The lowest BCUT2D eigenvalue weighted by atomic mass is 10.2. The third kappa shape index (κ3) is 3.83. The number of carbonyl (C=O) groups excluding carboxylic acids is 1. The van der Waals surface area contributed by atoms with E-state index in [1.54, 1.807) is 12.1 Å². The van der Waals surface area contributed by atoms with E-state index in [1.165, 1.54) is 18.2 Å². The Morgan fingerprint density at radius 2 is 2.20 bits per heavy atom. The fourth-order valence-corrected chi connectivity index (χ4v) is 1.35. The molecule has 0 spiro atoms. The summed E-state index contributed by atoms with van der Waals surface area (Å²) in [6, 6.07) is 6.10. The van der Waals surface area contributed by atoms with E-state index in [2.05, 4.69) is 30.7 Å². The minimum absolute atomic E-state index is 0.0109. The Labute approximate surface area is 111 Å². The first-order chi connectivity index (χ1) is 9.65. The summed E-state index contributed by atoms with van der Waals surface area (Å²) in [5, 5.41) is 14.8. The second-order valence-corrected chi connectivity index (χ2v) is 3.47. The van der Waals surface area contributed by atoms with Crippen LogP contribution in [0.25, 0.3) is 6.08 Å². The van der Waals surface area contributed by atoms with E-state index in [-0.39, 0.29) is 11.7 Å². The number of halogens is 2. The van der Waals surface area contributed by atoms with Gasteiger partial charge in [0.1, 0.15) is 5.75 Å². The molecule has 0 aliphatic carbocycles. The molecule has 7 nitrogen and oxygen atoms in total. The van der Waals surface area contributed by atoms with Crippen molar-refractivity contribution in [2.24, 2.45) is 0 Å². The molecule has 104 valence electrons. The van der Waals surface area contributed by atoms with Gasteiger partial charge in [0.25, 0.3) is 11.9 Å². The molecule has 9 heteroatoms. The predicted octanol–water partition coefficient (Wildman–Crippen LogP) is 1.45. The van der Waals surface area contributed by atoms with Gasteiger partial charge in [-0.25, -0.2) is 0 Å². The summed E-state index contributed by atoms with van der Waals surface area (Å²) >= 11 is 0. The number of aromatic nitrogens is 4. The lowest BCUT2D eigenvalue weighted by molar-refractivity contribution is -0.111. The van der Waals surface area contributed by atoms with Gasteiger partial charge in [-0.15, -0.1) is 5.10 Å². The molecule has 1 aromatic carbocycles. The van der Waals surface area contributed by atoms with E-state index in [4.69, 9.17) is 0 Å². The van der Waals surface area contributed by atoms with Crippen LogP contribution >= 0.6 is 0 Å². The van der Waals surface area contributed by atoms with Gasteiger partial charge in [0, 0.05) is 11.6 Å². The highest BCUT2D eigenvalue weighted by molar-refractivity contribution is 6.01. The van der Waals surface area contributed by atoms with E-state index in [1.807, 2.05) is 0 Å². The van der Waals surface area contributed by atoms with Crippen LogP contribution in [0, 0.1) is 0 Å². The largest absolute Gasteiger partial charge is 0.434 e. The maximum Gasteiger partial charge on any atom is 0.387 e. The number of aromatic amines is 1. The predicted molar refractivity (Wildman–Crippen MR) is 64.9 cm³/mol. The van der Waals surface area contributed by atoms with Gasteiger partial charge in [-0.2, -0.15) is 14.0 Å². The number of benzene rings is 1. The number of rotatable bonds is 5. The summed E-state index contributed by atoms with van der Waals surface area (Å²) < 4.78 is 28.7. The lowest BCUT2D eigenvalue weighted by Gasteiger charge is -2.07. The molecule has 0 bridgehead atoms. The monoisotopic (exact) mass is 281 g/mol. The molecule has 0 radical (unpaired) electrons. The molecule has 2 aromatic rings. The smallest absolute Gasteiger partial charge is 0.387 e. The average Bonchev–Trinajstić information content (AvgIpc) is 2.90. The number of ether oxygens (including phenoxy) is 1. The highest BCUT2D eigenvalue weighted by Crippen LogP contribution is 2.21. The summed E-state index contributed by atoms with van der Waals surface area (Å²) in [5.74, 6) is -0.541. The van der Waals surface area contributed by atoms with E-state index in [9.17, 15) is 13.6 Å². The summed E-state index contributed by atoms with van der Waals surface area (Å²) in [6.07, 6.45) is 2.48. The summed E-state index contributed by atoms with van der Waals surface area (Å²) in [4.78, 5) is 11.5. The molecule has 0 aliphatic heterocycles. The van der Waals surface area contributed by atoms with Crippen LogP contribution < -0.4 is 10.1 Å². The molecule has 0 aliphatic rings. The lowest BCUT2D eigenvalue weighted by Crippen LogP contribution is -2.09. The van der Waals surface area contributed by atoms with E-state index in [0.29, 0.717) is 5.56 Å². The highest BCUT2D eigenvalue weighted by atomic mass is 19.3. The van der Waals surface area contributed by atoms with Crippen LogP contribution in [0.5, 0.6) is 5.75 Å². The van der Waals surface area contributed by atoms with E-state index < -0.39 is 12.5 Å². The zero-order valence-electron chi connectivity index (χ0n) is 9.96. The maximum atomic E-state index is 12.2. The van der Waals surface area contributed by atoms with Crippen molar-refractivity contribution in [3.05, 3.63) is 35.9 Å². The molecule has 0 unspecified atom stereocenters. The van der Waals surface area contributed by atoms with Gasteiger partial charge >= 0.3 is 6.61 Å². The third-order valence-electron chi connectivity index (χ3n) is 2.13. The first-order valence-corrected chi connectivity index (χ1v) is 5.41. The van der Waals surface area contributed by atoms with Gasteiger partial charge in [-0.1, -0.05) is 23.3 Å². The number of para-hydroxylation sites is 1. The Morgan fingerprint density at radius 1 is 1.40 bits per heavy atom. The molecule has 2 N–H and O–H groups in total. The first-order valence-electron chi connectivity index (χ1n) is 5.41. The molecule has 0 saturated carbocycles. The van der Waals surface area contributed by atoms with Gasteiger partial charge in [0.15, 0.2) is 0 Å². The SMILES string of the molecule is O=C(/C=C/c1ccccc1OC(F)F)Nc1nn[nH]n1. The number of amides is 1. The molecule has 0 saturated heterocycles. The van der Waals surface area contributed by atoms with Crippen molar-refractivity contribution < 1.29 is 18.3 Å². The number of nitrogens with zero attached hydrogens (tertiary/aromatic N) is 3. The molecular weight excluding hydrogens is 272 g/mol. The molecule has 1 heterocycles. The Balaban J connectivity index is 2.05. The Kier molecular flexibility index (Phi) is 4.32. The maximum absolute atomic E-state index is 12.2. The molecule has 20 heavy (non-hydrogen) atoms. The number of hydrogen-bond donors (Lipinski definition) is 2. The number of tetrazole rings is 1. The molecule has 0 fully saturated rings. The highest BCUT2D eigenvalue weighted by Gasteiger charge is 2.07. The van der Waals surface area contributed by atoms with Gasteiger partial charge in [-0.3, -0.25) is 10.1 Å². The minimum atomic E-state index is -2.93. The zero-order chi connectivity index (χ0) is 14.4. The van der Waals surface area contributed by atoms with Crippen molar-refractivity contribution in [3.8, 4) is 5.75 Å². The van der Waals surface area contributed by atoms with Gasteiger partial charge < -0.3 is 4.74 Å². The van der Waals surface area contributed by atoms with Crippen LogP contribution in [-0.4, -0.2) is 33.1 Å². The fourth-order valence-electron chi connectivity index (χ4n) is 1.35. The number of hydrogen-bond acceptors (Lipinski definition) is 5. The second-order valence-electron chi connectivity index (χ2n) is 3.47. The molecule has 0 atom stereocenters. The Bertz CT molecular complexity index is 601. The van der Waals surface area contributed by atoms with Gasteiger partial charge in [0.2, 0.25) is 0 Å². The Hall–Kier alpha value is -2.84.